The number of anilines is 1. The van der Waals surface area contributed by atoms with Gasteiger partial charge >= 0.3 is 12.1 Å². The van der Waals surface area contributed by atoms with Gasteiger partial charge in [-0.15, -0.1) is 0 Å². The summed E-state index contributed by atoms with van der Waals surface area (Å²) in [6, 6.07) is 4.50. The van der Waals surface area contributed by atoms with Gasteiger partial charge in [-0.05, 0) is 17.7 Å². The van der Waals surface area contributed by atoms with E-state index in [4.69, 9.17) is 10.5 Å². The highest BCUT2D eigenvalue weighted by Gasteiger charge is 2.30. The second-order valence-corrected chi connectivity index (χ2v) is 4.06. The number of alkyl halides is 3. The van der Waals surface area contributed by atoms with Gasteiger partial charge in [-0.3, -0.25) is 0 Å². The van der Waals surface area contributed by atoms with Gasteiger partial charge in [-0.25, -0.2) is 14.8 Å². The Bertz CT molecular complexity index is 659. The summed E-state index contributed by atoms with van der Waals surface area (Å²) in [5.41, 5.74) is 4.67. The zero-order chi connectivity index (χ0) is 15.5. The Morgan fingerprint density at radius 1 is 1.24 bits per heavy atom. The van der Waals surface area contributed by atoms with Gasteiger partial charge < -0.3 is 10.5 Å². The van der Waals surface area contributed by atoms with Crippen molar-refractivity contribution in [2.75, 3.05) is 5.73 Å². The zero-order valence-corrected chi connectivity index (χ0v) is 10.6. The number of hydrogen-bond acceptors (Lipinski definition) is 5. The molecule has 0 bridgehead atoms. The molecule has 21 heavy (non-hydrogen) atoms. The highest BCUT2D eigenvalue weighted by atomic mass is 19.4. The fourth-order valence-corrected chi connectivity index (χ4v) is 1.56. The molecule has 0 amide bonds. The minimum atomic E-state index is -4.45. The van der Waals surface area contributed by atoms with Crippen LogP contribution in [0.15, 0.2) is 36.7 Å². The van der Waals surface area contributed by atoms with E-state index in [-0.39, 0.29) is 23.7 Å². The molecule has 2 rings (SSSR count). The van der Waals surface area contributed by atoms with Crippen LogP contribution in [0.25, 0.3) is 0 Å². The lowest BCUT2D eigenvalue weighted by molar-refractivity contribution is -0.137. The Morgan fingerprint density at radius 3 is 2.62 bits per heavy atom. The van der Waals surface area contributed by atoms with E-state index in [0.29, 0.717) is 0 Å². The predicted molar refractivity (Wildman–Crippen MR) is 67.0 cm³/mol. The van der Waals surface area contributed by atoms with Crippen molar-refractivity contribution in [2.45, 2.75) is 12.8 Å². The van der Waals surface area contributed by atoms with E-state index in [2.05, 4.69) is 9.97 Å². The molecule has 0 radical (unpaired) electrons. The van der Waals surface area contributed by atoms with Crippen molar-refractivity contribution in [3.8, 4) is 0 Å². The first kappa shape index (κ1) is 14.8. The number of hydrogen-bond donors (Lipinski definition) is 1. The smallest absolute Gasteiger partial charge is 0.416 e. The Morgan fingerprint density at radius 2 is 1.95 bits per heavy atom. The number of carbonyl (C=O) groups excluding carboxylic acids is 1. The summed E-state index contributed by atoms with van der Waals surface area (Å²) in [6.45, 7) is -0.321. The molecule has 0 unspecified atom stereocenters. The minimum absolute atomic E-state index is 0.105. The minimum Gasteiger partial charge on any atom is -0.456 e. The molecule has 2 aromatic rings. The molecule has 0 aliphatic heterocycles. The number of nitrogens with zero attached hydrogens (tertiary/aromatic N) is 2. The fourth-order valence-electron chi connectivity index (χ4n) is 1.56. The Labute approximate surface area is 117 Å². The second kappa shape index (κ2) is 5.78. The summed E-state index contributed by atoms with van der Waals surface area (Å²) in [7, 11) is 0. The van der Waals surface area contributed by atoms with Gasteiger partial charge in [0.05, 0.1) is 5.56 Å². The molecule has 0 aliphatic rings. The number of nitrogen functional groups attached to an aromatic ring is 1. The first-order valence-electron chi connectivity index (χ1n) is 5.77. The molecule has 110 valence electrons. The third kappa shape index (κ3) is 3.68. The lowest BCUT2D eigenvalue weighted by Crippen LogP contribution is -2.12. The molecule has 2 N–H and O–H groups in total. The number of halogens is 3. The number of carbonyl (C=O) groups is 1. The van der Waals surface area contributed by atoms with E-state index in [9.17, 15) is 18.0 Å². The molecule has 1 aromatic heterocycles. The van der Waals surface area contributed by atoms with Crippen LogP contribution in [-0.4, -0.2) is 15.9 Å². The predicted octanol–water partition coefficient (Wildman–Crippen LogP) is 2.43. The summed E-state index contributed by atoms with van der Waals surface area (Å²) >= 11 is 0. The van der Waals surface area contributed by atoms with E-state index < -0.39 is 17.7 Å². The van der Waals surface area contributed by atoms with Gasteiger partial charge in [0.2, 0.25) is 0 Å². The molecule has 0 saturated heterocycles. The van der Waals surface area contributed by atoms with E-state index in [1.54, 1.807) is 0 Å². The maximum Gasteiger partial charge on any atom is 0.416 e. The Hall–Kier alpha value is -2.64. The maximum atomic E-state index is 12.5. The van der Waals surface area contributed by atoms with Crippen molar-refractivity contribution in [1.82, 2.24) is 9.97 Å². The fraction of sp³-hybridized carbons (Fsp3) is 0.154. The number of ether oxygens (including phenoxy) is 1. The van der Waals surface area contributed by atoms with Crippen LogP contribution in [0.2, 0.25) is 0 Å². The molecule has 0 spiro atoms. The normalized spacial score (nSPS) is 11.2. The van der Waals surface area contributed by atoms with Crippen molar-refractivity contribution in [3.05, 3.63) is 53.5 Å². The van der Waals surface area contributed by atoms with Gasteiger partial charge in [0.1, 0.15) is 6.61 Å². The van der Waals surface area contributed by atoms with Gasteiger partial charge in [0.25, 0.3) is 0 Å². The second-order valence-electron chi connectivity index (χ2n) is 4.06. The standard InChI is InChI=1S/C13H10F3N3O2/c14-13(15,16)9-3-1-2-8(6-9)7-21-12(20)10-11(17)19-5-4-18-10/h1-6H,7H2,(H2,17,19). The largest absolute Gasteiger partial charge is 0.456 e. The maximum absolute atomic E-state index is 12.5. The Balaban J connectivity index is 2.07. The number of rotatable bonds is 3. The molecule has 0 atom stereocenters. The van der Waals surface area contributed by atoms with E-state index in [0.717, 1.165) is 12.1 Å². The molecular formula is C13H10F3N3O2. The molecule has 8 heteroatoms. The molecule has 5 nitrogen and oxygen atoms in total. The molecule has 0 aliphatic carbocycles. The zero-order valence-electron chi connectivity index (χ0n) is 10.6. The SMILES string of the molecule is Nc1nccnc1C(=O)OCc1cccc(C(F)(F)F)c1. The van der Waals surface area contributed by atoms with Crippen LogP contribution in [0.5, 0.6) is 0 Å². The first-order valence-corrected chi connectivity index (χ1v) is 5.77. The van der Waals surface area contributed by atoms with E-state index >= 15 is 0 Å². The topological polar surface area (TPSA) is 78.1 Å². The van der Waals surface area contributed by atoms with Crippen molar-refractivity contribution in [3.63, 3.8) is 0 Å². The summed E-state index contributed by atoms with van der Waals surface area (Å²) in [4.78, 5) is 19.1. The number of esters is 1. The van der Waals surface area contributed by atoms with Crippen molar-refractivity contribution >= 4 is 11.8 Å². The average molecular weight is 297 g/mol. The van der Waals surface area contributed by atoms with E-state index in [1.165, 1.54) is 24.5 Å². The Kier molecular flexibility index (Phi) is 4.06. The average Bonchev–Trinajstić information content (AvgIpc) is 2.45. The van der Waals surface area contributed by atoms with E-state index in [1.807, 2.05) is 0 Å². The number of benzene rings is 1. The van der Waals surface area contributed by atoms with Crippen molar-refractivity contribution in [1.29, 1.82) is 0 Å². The van der Waals surface area contributed by atoms with Crippen molar-refractivity contribution < 1.29 is 22.7 Å². The summed E-state index contributed by atoms with van der Waals surface area (Å²) in [5.74, 6) is -0.954. The third-order valence-corrected chi connectivity index (χ3v) is 2.54. The van der Waals surface area contributed by atoms with Crippen LogP contribution in [0.3, 0.4) is 0 Å². The van der Waals surface area contributed by atoms with Gasteiger partial charge in [0.15, 0.2) is 11.5 Å². The highest BCUT2D eigenvalue weighted by Crippen LogP contribution is 2.29. The van der Waals surface area contributed by atoms with Crippen LogP contribution in [0.4, 0.5) is 19.0 Å². The molecular weight excluding hydrogens is 287 g/mol. The quantitative estimate of drug-likeness (QED) is 0.880. The van der Waals surface area contributed by atoms with Crippen LogP contribution in [-0.2, 0) is 17.5 Å². The van der Waals surface area contributed by atoms with Gasteiger partial charge in [0, 0.05) is 12.4 Å². The number of aromatic nitrogens is 2. The lowest BCUT2D eigenvalue weighted by Gasteiger charge is -2.09. The first-order chi connectivity index (χ1) is 9.88. The monoisotopic (exact) mass is 297 g/mol. The highest BCUT2D eigenvalue weighted by molar-refractivity contribution is 5.91. The molecule has 0 saturated carbocycles. The van der Waals surface area contributed by atoms with Crippen LogP contribution >= 0.6 is 0 Å². The molecule has 0 fully saturated rings. The molecule has 1 aromatic carbocycles. The van der Waals surface area contributed by atoms with Crippen LogP contribution in [0, 0.1) is 0 Å². The van der Waals surface area contributed by atoms with Gasteiger partial charge in [-0.2, -0.15) is 13.2 Å². The lowest BCUT2D eigenvalue weighted by atomic mass is 10.1. The van der Waals surface area contributed by atoms with Gasteiger partial charge in [-0.1, -0.05) is 12.1 Å². The summed E-state index contributed by atoms with van der Waals surface area (Å²) in [5, 5.41) is 0. The summed E-state index contributed by atoms with van der Waals surface area (Å²) in [6.07, 6.45) is -1.88. The van der Waals surface area contributed by atoms with Crippen LogP contribution < -0.4 is 5.73 Å². The van der Waals surface area contributed by atoms with Crippen LogP contribution in [0.1, 0.15) is 21.6 Å². The third-order valence-electron chi connectivity index (χ3n) is 2.54. The van der Waals surface area contributed by atoms with Crippen molar-refractivity contribution in [2.24, 2.45) is 0 Å². The summed E-state index contributed by atoms with van der Waals surface area (Å²) < 4.78 is 42.5. The molecule has 1 heterocycles. The number of nitrogens with two attached hydrogens (primary N) is 1.